The van der Waals surface area contributed by atoms with Crippen LogP contribution < -0.4 is 10.1 Å². The van der Waals surface area contributed by atoms with Crippen LogP contribution >= 0.6 is 0 Å². The highest BCUT2D eigenvalue weighted by atomic mass is 19.4. The van der Waals surface area contributed by atoms with Crippen LogP contribution in [0.1, 0.15) is 18.4 Å². The fraction of sp³-hybridized carbons (Fsp3) is 0.562. The lowest BCUT2D eigenvalue weighted by atomic mass is 9.96. The lowest BCUT2D eigenvalue weighted by Crippen LogP contribution is -2.44. The quantitative estimate of drug-likeness (QED) is 0.902. The minimum Gasteiger partial charge on any atom is -0.496 e. The zero-order chi connectivity index (χ0) is 16.9. The van der Waals surface area contributed by atoms with E-state index in [2.05, 4.69) is 4.90 Å². The summed E-state index contributed by atoms with van der Waals surface area (Å²) in [6, 6.07) is 7.61. The molecule has 7 heteroatoms. The van der Waals surface area contributed by atoms with Crippen LogP contribution in [-0.4, -0.2) is 43.7 Å². The summed E-state index contributed by atoms with van der Waals surface area (Å²) in [6.07, 6.45) is -2.97. The Morgan fingerprint density at radius 3 is 2.83 bits per heavy atom. The molecule has 1 aliphatic heterocycles. The van der Waals surface area contributed by atoms with E-state index >= 15 is 0 Å². The van der Waals surface area contributed by atoms with Crippen LogP contribution in [0, 0.1) is 5.92 Å². The molecule has 0 radical (unpaired) electrons. The number of rotatable bonds is 5. The number of para-hydroxylation sites is 1. The Labute approximate surface area is 133 Å². The van der Waals surface area contributed by atoms with Gasteiger partial charge in [-0.15, -0.1) is 0 Å². The van der Waals surface area contributed by atoms with Crippen LogP contribution in [0.5, 0.6) is 5.75 Å². The Hall–Kier alpha value is -1.76. The molecule has 23 heavy (non-hydrogen) atoms. The number of carbonyl (C=O) groups excluding carboxylic acids is 1. The van der Waals surface area contributed by atoms with E-state index in [1.54, 1.807) is 7.11 Å². The van der Waals surface area contributed by atoms with Crippen molar-refractivity contribution in [2.75, 3.05) is 26.7 Å². The second-order valence-electron chi connectivity index (χ2n) is 5.72. The number of alkyl halides is 3. The van der Waals surface area contributed by atoms with Gasteiger partial charge in [-0.25, -0.2) is 0 Å². The first-order chi connectivity index (χ1) is 10.9. The Morgan fingerprint density at radius 2 is 2.13 bits per heavy atom. The number of ether oxygens (including phenoxy) is 1. The average Bonchev–Trinajstić information content (AvgIpc) is 2.52. The zero-order valence-corrected chi connectivity index (χ0v) is 13.0. The number of carbonyl (C=O) groups is 1. The number of methoxy groups -OCH3 is 1. The SMILES string of the molecule is COc1ccccc1CN1CCC[C@@H](C(=O)NCC(F)(F)F)C1. The van der Waals surface area contributed by atoms with Gasteiger partial charge in [0.1, 0.15) is 12.3 Å². The summed E-state index contributed by atoms with van der Waals surface area (Å²) in [7, 11) is 1.60. The fourth-order valence-corrected chi connectivity index (χ4v) is 2.82. The third-order valence-corrected chi connectivity index (χ3v) is 3.93. The van der Waals surface area contributed by atoms with Crippen molar-refractivity contribution in [2.24, 2.45) is 5.92 Å². The molecule has 1 heterocycles. The van der Waals surface area contributed by atoms with Crippen molar-refractivity contribution < 1.29 is 22.7 Å². The van der Waals surface area contributed by atoms with Crippen molar-refractivity contribution in [3.63, 3.8) is 0 Å². The van der Waals surface area contributed by atoms with E-state index in [0.717, 1.165) is 24.3 Å². The van der Waals surface area contributed by atoms with Gasteiger partial charge in [-0.2, -0.15) is 13.2 Å². The Balaban J connectivity index is 1.91. The zero-order valence-electron chi connectivity index (χ0n) is 13.0. The Kier molecular flexibility index (Phi) is 5.87. The normalized spacial score (nSPS) is 19.4. The molecular formula is C16H21F3N2O2. The van der Waals surface area contributed by atoms with Crippen LogP contribution in [0.3, 0.4) is 0 Å². The van der Waals surface area contributed by atoms with Gasteiger partial charge in [0.15, 0.2) is 0 Å². The van der Waals surface area contributed by atoms with Crippen molar-refractivity contribution in [1.29, 1.82) is 0 Å². The summed E-state index contributed by atoms with van der Waals surface area (Å²) in [5.74, 6) is -0.149. The largest absolute Gasteiger partial charge is 0.496 e. The molecule has 1 saturated heterocycles. The molecule has 0 aromatic heterocycles. The summed E-state index contributed by atoms with van der Waals surface area (Å²) in [6.45, 7) is 0.630. The number of likely N-dealkylation sites (tertiary alicyclic amines) is 1. The maximum absolute atomic E-state index is 12.2. The molecule has 0 unspecified atom stereocenters. The van der Waals surface area contributed by atoms with E-state index in [1.165, 1.54) is 0 Å². The summed E-state index contributed by atoms with van der Waals surface area (Å²) < 4.78 is 41.9. The van der Waals surface area contributed by atoms with Crippen LogP contribution in [0.4, 0.5) is 13.2 Å². The molecule has 4 nitrogen and oxygen atoms in total. The number of hydrogen-bond donors (Lipinski definition) is 1. The maximum Gasteiger partial charge on any atom is 0.405 e. The molecule has 0 bridgehead atoms. The van der Waals surface area contributed by atoms with Gasteiger partial charge in [0.05, 0.1) is 13.0 Å². The molecule has 1 atom stereocenters. The van der Waals surface area contributed by atoms with Gasteiger partial charge in [-0.3, -0.25) is 9.69 Å². The second-order valence-corrected chi connectivity index (χ2v) is 5.72. The lowest BCUT2D eigenvalue weighted by molar-refractivity contribution is -0.141. The predicted octanol–water partition coefficient (Wildman–Crippen LogP) is 2.59. The predicted molar refractivity (Wildman–Crippen MR) is 80.1 cm³/mol. The maximum atomic E-state index is 12.2. The molecule has 1 aliphatic rings. The second kappa shape index (κ2) is 7.68. The minimum atomic E-state index is -4.37. The molecule has 128 valence electrons. The van der Waals surface area contributed by atoms with Crippen molar-refractivity contribution >= 4 is 5.91 Å². The first-order valence-electron chi connectivity index (χ1n) is 7.58. The molecule has 1 aromatic carbocycles. The van der Waals surface area contributed by atoms with E-state index in [4.69, 9.17) is 4.74 Å². The van der Waals surface area contributed by atoms with Gasteiger partial charge in [0.25, 0.3) is 0 Å². The minimum absolute atomic E-state index is 0.402. The van der Waals surface area contributed by atoms with Gasteiger partial charge in [0.2, 0.25) is 5.91 Å². The molecule has 2 rings (SSSR count). The van der Waals surface area contributed by atoms with E-state index in [0.29, 0.717) is 19.5 Å². The highest BCUT2D eigenvalue weighted by Crippen LogP contribution is 2.23. The summed E-state index contributed by atoms with van der Waals surface area (Å²) in [5, 5.41) is 1.98. The monoisotopic (exact) mass is 330 g/mol. The number of nitrogens with zero attached hydrogens (tertiary/aromatic N) is 1. The van der Waals surface area contributed by atoms with E-state index < -0.39 is 24.5 Å². The van der Waals surface area contributed by atoms with E-state index in [1.807, 2.05) is 29.6 Å². The lowest BCUT2D eigenvalue weighted by Gasteiger charge is -2.32. The van der Waals surface area contributed by atoms with E-state index in [9.17, 15) is 18.0 Å². The van der Waals surface area contributed by atoms with Crippen molar-refractivity contribution in [3.05, 3.63) is 29.8 Å². The van der Waals surface area contributed by atoms with Crippen LogP contribution in [0.25, 0.3) is 0 Å². The third kappa shape index (κ3) is 5.42. The van der Waals surface area contributed by atoms with Gasteiger partial charge >= 0.3 is 6.18 Å². The number of piperidine rings is 1. The Morgan fingerprint density at radius 1 is 1.39 bits per heavy atom. The van der Waals surface area contributed by atoms with Gasteiger partial charge in [-0.1, -0.05) is 18.2 Å². The molecule has 0 spiro atoms. The summed E-state index contributed by atoms with van der Waals surface area (Å²) >= 11 is 0. The molecule has 1 fully saturated rings. The third-order valence-electron chi connectivity index (χ3n) is 3.93. The van der Waals surface area contributed by atoms with Crippen LogP contribution in [0.2, 0.25) is 0 Å². The summed E-state index contributed by atoms with van der Waals surface area (Å²) in [5.41, 5.74) is 1.01. The topological polar surface area (TPSA) is 41.6 Å². The standard InChI is InChI=1S/C16H21F3N2O2/c1-23-14-7-3-2-5-12(14)9-21-8-4-6-13(10-21)15(22)20-11-16(17,18)19/h2-3,5,7,13H,4,6,8-11H2,1H3,(H,20,22)/t13-/m1/s1. The van der Waals surface area contributed by atoms with Crippen molar-refractivity contribution in [3.8, 4) is 5.75 Å². The fourth-order valence-electron chi connectivity index (χ4n) is 2.82. The Bertz CT molecular complexity index is 534. The highest BCUT2D eigenvalue weighted by molar-refractivity contribution is 5.79. The number of halogens is 3. The number of hydrogen-bond acceptors (Lipinski definition) is 3. The number of amides is 1. The van der Waals surface area contributed by atoms with E-state index in [-0.39, 0.29) is 0 Å². The van der Waals surface area contributed by atoms with Crippen LogP contribution in [0.15, 0.2) is 24.3 Å². The molecular weight excluding hydrogens is 309 g/mol. The van der Waals surface area contributed by atoms with Crippen LogP contribution in [-0.2, 0) is 11.3 Å². The average molecular weight is 330 g/mol. The summed E-state index contributed by atoms with van der Waals surface area (Å²) in [4.78, 5) is 14.0. The molecule has 1 N–H and O–H groups in total. The first-order valence-corrected chi connectivity index (χ1v) is 7.58. The van der Waals surface area contributed by atoms with Gasteiger partial charge < -0.3 is 10.1 Å². The number of nitrogens with one attached hydrogen (secondary N) is 1. The molecule has 1 amide bonds. The van der Waals surface area contributed by atoms with Gasteiger partial charge in [-0.05, 0) is 25.5 Å². The first kappa shape index (κ1) is 17.6. The van der Waals surface area contributed by atoms with Gasteiger partial charge in [0, 0.05) is 18.7 Å². The number of benzene rings is 1. The molecule has 0 saturated carbocycles. The molecule has 1 aromatic rings. The highest BCUT2D eigenvalue weighted by Gasteiger charge is 2.31. The smallest absolute Gasteiger partial charge is 0.405 e. The van der Waals surface area contributed by atoms with Crippen molar-refractivity contribution in [1.82, 2.24) is 10.2 Å². The van der Waals surface area contributed by atoms with Crippen molar-refractivity contribution in [2.45, 2.75) is 25.6 Å². The molecule has 0 aliphatic carbocycles.